The van der Waals surface area contributed by atoms with Crippen LogP contribution in [0.25, 0.3) is 0 Å². The number of rotatable bonds is 6. The molecule has 0 bridgehead atoms. The van der Waals surface area contributed by atoms with Crippen molar-refractivity contribution in [2.24, 2.45) is 0 Å². The molecule has 9 heteroatoms. The van der Waals surface area contributed by atoms with Gasteiger partial charge in [-0.05, 0) is 5.56 Å². The van der Waals surface area contributed by atoms with Crippen molar-refractivity contribution in [3.63, 3.8) is 0 Å². The molecule has 1 aromatic carbocycles. The quantitative estimate of drug-likeness (QED) is 0.833. The van der Waals surface area contributed by atoms with Gasteiger partial charge in [-0.2, -0.15) is 18.3 Å². The maximum atomic E-state index is 12.4. The number of halogens is 3. The van der Waals surface area contributed by atoms with Crippen molar-refractivity contribution in [2.45, 2.75) is 18.8 Å². The lowest BCUT2D eigenvalue weighted by atomic mass is 10.0. The zero-order valence-electron chi connectivity index (χ0n) is 14.7. The topological polar surface area (TPSA) is 59.4 Å². The molecule has 0 aliphatic carbocycles. The van der Waals surface area contributed by atoms with Gasteiger partial charge in [-0.25, -0.2) is 0 Å². The van der Waals surface area contributed by atoms with E-state index < -0.39 is 18.6 Å². The van der Waals surface area contributed by atoms with Crippen LogP contribution in [-0.4, -0.2) is 59.6 Å². The fraction of sp³-hybridized carbons (Fsp3) is 0.444. The molecule has 0 spiro atoms. The van der Waals surface area contributed by atoms with Gasteiger partial charge in [0.15, 0.2) is 0 Å². The number of alkyl halides is 3. The molecule has 146 valence electrons. The van der Waals surface area contributed by atoms with Crippen LogP contribution in [0.1, 0.15) is 22.0 Å². The number of amides is 1. The minimum atomic E-state index is -4.38. The molecule has 1 fully saturated rings. The Balaban J connectivity index is 1.65. The Labute approximate surface area is 154 Å². The predicted octanol–water partition coefficient (Wildman–Crippen LogP) is 2.25. The fourth-order valence-corrected chi connectivity index (χ4v) is 3.06. The molecular formula is C18H21F3N4O2. The van der Waals surface area contributed by atoms with Crippen LogP contribution < -0.4 is 5.32 Å². The van der Waals surface area contributed by atoms with Crippen LogP contribution in [0, 0.1) is 0 Å². The maximum Gasteiger partial charge on any atom is 0.408 e. The third kappa shape index (κ3) is 5.54. The Morgan fingerprint density at radius 1 is 1.22 bits per heavy atom. The van der Waals surface area contributed by atoms with Crippen molar-refractivity contribution in [3.8, 4) is 0 Å². The van der Waals surface area contributed by atoms with E-state index in [4.69, 9.17) is 4.74 Å². The van der Waals surface area contributed by atoms with Gasteiger partial charge in [0.25, 0.3) is 5.91 Å². The summed E-state index contributed by atoms with van der Waals surface area (Å²) in [6.45, 7) is 1.87. The van der Waals surface area contributed by atoms with E-state index in [2.05, 4.69) is 15.3 Å². The minimum Gasteiger partial charge on any atom is -0.379 e. The Morgan fingerprint density at radius 3 is 2.59 bits per heavy atom. The van der Waals surface area contributed by atoms with Gasteiger partial charge in [0.2, 0.25) is 0 Å². The lowest BCUT2D eigenvalue weighted by Crippen LogP contribution is -2.43. The second kappa shape index (κ2) is 8.53. The number of ether oxygens (including phenoxy) is 1. The zero-order valence-corrected chi connectivity index (χ0v) is 14.7. The van der Waals surface area contributed by atoms with E-state index in [0.29, 0.717) is 24.4 Å². The van der Waals surface area contributed by atoms with Gasteiger partial charge in [0.1, 0.15) is 6.54 Å². The van der Waals surface area contributed by atoms with Crippen LogP contribution in [0.2, 0.25) is 0 Å². The third-order valence-corrected chi connectivity index (χ3v) is 4.36. The van der Waals surface area contributed by atoms with Crippen molar-refractivity contribution in [1.29, 1.82) is 0 Å². The molecule has 1 atom stereocenters. The summed E-state index contributed by atoms with van der Waals surface area (Å²) in [4.78, 5) is 14.6. The number of nitrogens with zero attached hydrogens (tertiary/aromatic N) is 3. The minimum absolute atomic E-state index is 0.0377. The molecule has 0 saturated carbocycles. The molecule has 1 saturated heterocycles. The zero-order chi connectivity index (χ0) is 19.3. The van der Waals surface area contributed by atoms with E-state index >= 15 is 0 Å². The molecule has 3 rings (SSSR count). The second-order valence-electron chi connectivity index (χ2n) is 6.33. The highest BCUT2D eigenvalue weighted by Crippen LogP contribution is 2.21. The first-order valence-electron chi connectivity index (χ1n) is 8.66. The highest BCUT2D eigenvalue weighted by molar-refractivity contribution is 5.93. The number of benzene rings is 1. The summed E-state index contributed by atoms with van der Waals surface area (Å²) in [5.41, 5.74) is 1.17. The monoisotopic (exact) mass is 382 g/mol. The van der Waals surface area contributed by atoms with Crippen molar-refractivity contribution < 1.29 is 22.7 Å². The molecule has 1 aromatic heterocycles. The van der Waals surface area contributed by atoms with E-state index in [1.54, 1.807) is 0 Å². The van der Waals surface area contributed by atoms with Gasteiger partial charge < -0.3 is 10.1 Å². The smallest absolute Gasteiger partial charge is 0.379 e. The van der Waals surface area contributed by atoms with Gasteiger partial charge >= 0.3 is 6.18 Å². The van der Waals surface area contributed by atoms with E-state index in [0.717, 1.165) is 31.0 Å². The van der Waals surface area contributed by atoms with Crippen LogP contribution in [0.3, 0.4) is 0 Å². The molecule has 1 aliphatic rings. The largest absolute Gasteiger partial charge is 0.408 e. The molecule has 0 unspecified atom stereocenters. The third-order valence-electron chi connectivity index (χ3n) is 4.36. The molecule has 2 heterocycles. The highest BCUT2D eigenvalue weighted by atomic mass is 19.4. The summed E-state index contributed by atoms with van der Waals surface area (Å²) >= 11 is 0. The summed E-state index contributed by atoms with van der Waals surface area (Å²) in [6, 6.07) is 9.75. The van der Waals surface area contributed by atoms with Crippen LogP contribution in [0.4, 0.5) is 13.2 Å². The fourth-order valence-electron chi connectivity index (χ4n) is 3.06. The van der Waals surface area contributed by atoms with Gasteiger partial charge in [-0.15, -0.1) is 0 Å². The number of nitrogens with one attached hydrogen (secondary N) is 1. The summed E-state index contributed by atoms with van der Waals surface area (Å²) in [5, 5.41) is 6.42. The highest BCUT2D eigenvalue weighted by Gasteiger charge is 2.29. The Hall–Kier alpha value is -2.39. The molecule has 1 aliphatic heterocycles. The average Bonchev–Trinajstić information content (AvgIpc) is 3.10. The molecule has 1 N–H and O–H groups in total. The Morgan fingerprint density at radius 2 is 1.93 bits per heavy atom. The first-order chi connectivity index (χ1) is 12.9. The van der Waals surface area contributed by atoms with E-state index in [-0.39, 0.29) is 11.6 Å². The summed E-state index contributed by atoms with van der Waals surface area (Å²) in [6.07, 6.45) is -2.13. The van der Waals surface area contributed by atoms with E-state index in [1.165, 1.54) is 0 Å². The Bertz CT molecular complexity index is 743. The number of hydrogen-bond donors (Lipinski definition) is 1. The molecular weight excluding hydrogens is 361 g/mol. The lowest BCUT2D eigenvalue weighted by molar-refractivity contribution is -0.142. The van der Waals surface area contributed by atoms with Crippen molar-refractivity contribution in [2.75, 3.05) is 32.8 Å². The van der Waals surface area contributed by atoms with Crippen molar-refractivity contribution in [3.05, 3.63) is 53.9 Å². The molecule has 6 nitrogen and oxygen atoms in total. The standard InChI is InChI=1S/C18H21F3N4O2/c19-18(20,21)13-25-12-15(10-23-25)17(26)22-11-16(14-4-2-1-3-5-14)24-6-8-27-9-7-24/h1-5,10,12,16H,6-9,11,13H2,(H,22,26)/t16-/m1/s1. The molecule has 1 amide bonds. The number of morpholine rings is 1. The van der Waals surface area contributed by atoms with Crippen LogP contribution in [-0.2, 0) is 11.3 Å². The lowest BCUT2D eigenvalue weighted by Gasteiger charge is -2.34. The number of carbonyl (C=O) groups excluding carboxylic acids is 1. The normalized spacial score (nSPS) is 16.9. The second-order valence-corrected chi connectivity index (χ2v) is 6.33. The van der Waals surface area contributed by atoms with Gasteiger partial charge in [0, 0.05) is 25.8 Å². The van der Waals surface area contributed by atoms with Crippen LogP contribution in [0.15, 0.2) is 42.7 Å². The maximum absolute atomic E-state index is 12.4. The van der Waals surface area contributed by atoms with Gasteiger partial charge in [-0.1, -0.05) is 30.3 Å². The van der Waals surface area contributed by atoms with Gasteiger partial charge in [0.05, 0.1) is 31.0 Å². The summed E-state index contributed by atoms with van der Waals surface area (Å²) < 4.78 is 43.4. The number of carbonyl (C=O) groups is 1. The SMILES string of the molecule is O=C(NC[C@H](c1ccccc1)N1CCOCC1)c1cnn(CC(F)(F)F)c1. The summed E-state index contributed by atoms with van der Waals surface area (Å²) in [5.74, 6) is -0.447. The first-order valence-corrected chi connectivity index (χ1v) is 8.66. The predicted molar refractivity (Wildman–Crippen MR) is 92.2 cm³/mol. The van der Waals surface area contributed by atoms with E-state index in [9.17, 15) is 18.0 Å². The molecule has 27 heavy (non-hydrogen) atoms. The first kappa shape index (κ1) is 19.4. The number of hydrogen-bond acceptors (Lipinski definition) is 4. The summed E-state index contributed by atoms with van der Waals surface area (Å²) in [7, 11) is 0. The van der Waals surface area contributed by atoms with Crippen molar-refractivity contribution >= 4 is 5.91 Å². The van der Waals surface area contributed by atoms with Gasteiger partial charge in [-0.3, -0.25) is 14.4 Å². The molecule has 0 radical (unpaired) electrons. The van der Waals surface area contributed by atoms with Crippen LogP contribution >= 0.6 is 0 Å². The van der Waals surface area contributed by atoms with Crippen molar-refractivity contribution in [1.82, 2.24) is 20.0 Å². The van der Waals surface area contributed by atoms with Crippen LogP contribution in [0.5, 0.6) is 0 Å². The molecule has 2 aromatic rings. The average molecular weight is 382 g/mol. The van der Waals surface area contributed by atoms with E-state index in [1.807, 2.05) is 30.3 Å². The Kier molecular flexibility index (Phi) is 6.12. The number of aromatic nitrogens is 2.